The minimum atomic E-state index is 0.128. The average molecular weight is 441 g/mol. The molecule has 3 rings (SSSR count). The molecular weight excluding hydrogens is 404 g/mol. The van der Waals surface area contributed by atoms with Crippen molar-refractivity contribution in [3.05, 3.63) is 59.7 Å². The monoisotopic (exact) mass is 440 g/mol. The summed E-state index contributed by atoms with van der Waals surface area (Å²) in [5, 5.41) is 6.84. The molecule has 1 atom stereocenters. The van der Waals surface area contributed by atoms with Crippen LogP contribution in [0.5, 0.6) is 11.5 Å². The summed E-state index contributed by atoms with van der Waals surface area (Å²) in [5.41, 5.74) is 2.47. The van der Waals surface area contributed by atoms with Crippen molar-refractivity contribution >= 4 is 5.96 Å². The number of aliphatic imine (C=N–C) groups is 1. The van der Waals surface area contributed by atoms with E-state index in [1.54, 1.807) is 14.2 Å². The minimum absolute atomic E-state index is 0.128. The number of hydrogen-bond donors (Lipinski definition) is 2. The lowest BCUT2D eigenvalue weighted by Crippen LogP contribution is -2.42. The summed E-state index contributed by atoms with van der Waals surface area (Å²) in [6, 6.07) is 16.8. The standard InChI is InChI=1S/C25H36N4O3/c1-4-26-25(27-13-12-20-8-6-5-7-9-20)28-19-22(29-14-16-32-17-15-29)21-10-11-23(30-2)24(18-21)31-3/h5-11,18,22H,4,12-17,19H2,1-3H3,(H2,26,27,28). The van der Waals surface area contributed by atoms with Crippen LogP contribution in [0.2, 0.25) is 0 Å². The molecule has 7 nitrogen and oxygen atoms in total. The van der Waals surface area contributed by atoms with Crippen molar-refractivity contribution in [3.63, 3.8) is 0 Å². The van der Waals surface area contributed by atoms with Gasteiger partial charge < -0.3 is 24.8 Å². The highest BCUT2D eigenvalue weighted by Crippen LogP contribution is 2.32. The summed E-state index contributed by atoms with van der Waals surface area (Å²) in [4.78, 5) is 7.37. The Hall–Kier alpha value is -2.77. The van der Waals surface area contributed by atoms with Gasteiger partial charge in [-0.25, -0.2) is 0 Å². The summed E-state index contributed by atoms with van der Waals surface area (Å²) in [5.74, 6) is 2.30. The summed E-state index contributed by atoms with van der Waals surface area (Å²) in [7, 11) is 3.33. The van der Waals surface area contributed by atoms with E-state index in [1.165, 1.54) is 5.56 Å². The molecule has 0 saturated carbocycles. The number of methoxy groups -OCH3 is 2. The summed E-state index contributed by atoms with van der Waals surface area (Å²) >= 11 is 0. The lowest BCUT2D eigenvalue weighted by molar-refractivity contribution is 0.0179. The molecule has 7 heteroatoms. The van der Waals surface area contributed by atoms with Crippen molar-refractivity contribution in [3.8, 4) is 11.5 Å². The van der Waals surface area contributed by atoms with E-state index in [0.717, 1.165) is 68.8 Å². The molecule has 1 unspecified atom stereocenters. The Balaban J connectivity index is 1.73. The van der Waals surface area contributed by atoms with E-state index in [4.69, 9.17) is 19.2 Å². The van der Waals surface area contributed by atoms with Gasteiger partial charge in [0, 0.05) is 26.2 Å². The van der Waals surface area contributed by atoms with Gasteiger partial charge in [-0.1, -0.05) is 36.4 Å². The first kappa shape index (κ1) is 23.9. The fourth-order valence-corrected chi connectivity index (χ4v) is 3.87. The summed E-state index contributed by atoms with van der Waals surface area (Å²) < 4.78 is 16.5. The Morgan fingerprint density at radius 1 is 1.03 bits per heavy atom. The Morgan fingerprint density at radius 2 is 1.78 bits per heavy atom. The van der Waals surface area contributed by atoms with Gasteiger partial charge >= 0.3 is 0 Å². The van der Waals surface area contributed by atoms with Gasteiger partial charge in [-0.3, -0.25) is 9.89 Å². The second-order valence-electron chi connectivity index (χ2n) is 7.66. The van der Waals surface area contributed by atoms with Gasteiger partial charge in [0.2, 0.25) is 0 Å². The van der Waals surface area contributed by atoms with Crippen LogP contribution in [0.25, 0.3) is 0 Å². The van der Waals surface area contributed by atoms with Gasteiger partial charge in [0.1, 0.15) is 0 Å². The van der Waals surface area contributed by atoms with Gasteiger partial charge in [0.25, 0.3) is 0 Å². The van der Waals surface area contributed by atoms with E-state index >= 15 is 0 Å². The molecular formula is C25H36N4O3. The lowest BCUT2D eigenvalue weighted by atomic mass is 10.0. The number of rotatable bonds is 10. The molecule has 0 amide bonds. The smallest absolute Gasteiger partial charge is 0.191 e. The molecule has 1 fully saturated rings. The van der Waals surface area contributed by atoms with Gasteiger partial charge in [-0.15, -0.1) is 0 Å². The van der Waals surface area contributed by atoms with Crippen LogP contribution in [-0.2, 0) is 11.2 Å². The zero-order chi connectivity index (χ0) is 22.6. The molecule has 0 bridgehead atoms. The Morgan fingerprint density at radius 3 is 2.47 bits per heavy atom. The molecule has 2 aromatic carbocycles. The van der Waals surface area contributed by atoms with Crippen LogP contribution in [0, 0.1) is 0 Å². The number of benzene rings is 2. The first-order valence-corrected chi connectivity index (χ1v) is 11.3. The number of hydrogen-bond acceptors (Lipinski definition) is 5. The zero-order valence-corrected chi connectivity index (χ0v) is 19.5. The summed E-state index contributed by atoms with van der Waals surface area (Å²) in [6.45, 7) is 7.60. The number of nitrogens with one attached hydrogen (secondary N) is 2. The number of nitrogens with zero attached hydrogens (tertiary/aromatic N) is 2. The fourth-order valence-electron chi connectivity index (χ4n) is 3.87. The Bertz CT molecular complexity index is 838. The quantitative estimate of drug-likeness (QED) is 0.438. The third-order valence-corrected chi connectivity index (χ3v) is 5.59. The Kier molecular flexibility index (Phi) is 9.65. The van der Waals surface area contributed by atoms with Crippen LogP contribution in [0.4, 0.5) is 0 Å². The normalized spacial score (nSPS) is 15.8. The van der Waals surface area contributed by atoms with E-state index in [1.807, 2.05) is 12.1 Å². The average Bonchev–Trinajstić information content (AvgIpc) is 2.85. The molecule has 0 aromatic heterocycles. The van der Waals surface area contributed by atoms with Crippen molar-refractivity contribution in [1.29, 1.82) is 0 Å². The molecule has 1 aliphatic heterocycles. The molecule has 32 heavy (non-hydrogen) atoms. The van der Waals surface area contributed by atoms with Crippen LogP contribution in [-0.4, -0.2) is 71.0 Å². The van der Waals surface area contributed by atoms with Crippen LogP contribution >= 0.6 is 0 Å². The molecule has 1 heterocycles. The highest BCUT2D eigenvalue weighted by molar-refractivity contribution is 5.79. The van der Waals surface area contributed by atoms with E-state index in [-0.39, 0.29) is 6.04 Å². The minimum Gasteiger partial charge on any atom is -0.493 e. The van der Waals surface area contributed by atoms with Crippen molar-refractivity contribution < 1.29 is 14.2 Å². The number of morpholine rings is 1. The highest BCUT2D eigenvalue weighted by atomic mass is 16.5. The maximum atomic E-state index is 5.58. The van der Waals surface area contributed by atoms with Gasteiger partial charge in [0.05, 0.1) is 40.0 Å². The molecule has 0 spiro atoms. The topological polar surface area (TPSA) is 67.4 Å². The summed E-state index contributed by atoms with van der Waals surface area (Å²) in [6.07, 6.45) is 0.952. The van der Waals surface area contributed by atoms with Crippen LogP contribution < -0.4 is 20.1 Å². The molecule has 1 aliphatic rings. The fraction of sp³-hybridized carbons (Fsp3) is 0.480. The number of guanidine groups is 1. The predicted octanol–water partition coefficient (Wildman–Crippen LogP) is 2.87. The van der Waals surface area contributed by atoms with E-state index in [2.05, 4.69) is 58.9 Å². The van der Waals surface area contributed by atoms with Crippen molar-refractivity contribution in [2.45, 2.75) is 19.4 Å². The van der Waals surface area contributed by atoms with Crippen molar-refractivity contribution in [2.24, 2.45) is 4.99 Å². The molecule has 174 valence electrons. The molecule has 0 aliphatic carbocycles. The largest absolute Gasteiger partial charge is 0.493 e. The van der Waals surface area contributed by atoms with Crippen molar-refractivity contribution in [2.75, 3.05) is 60.2 Å². The van der Waals surface area contributed by atoms with E-state index in [0.29, 0.717) is 6.54 Å². The SMILES string of the molecule is CCNC(=NCC(c1ccc(OC)c(OC)c1)N1CCOCC1)NCCc1ccccc1. The van der Waals surface area contributed by atoms with Crippen LogP contribution in [0.15, 0.2) is 53.5 Å². The van der Waals surface area contributed by atoms with Gasteiger partial charge in [0.15, 0.2) is 17.5 Å². The highest BCUT2D eigenvalue weighted by Gasteiger charge is 2.24. The first-order chi connectivity index (χ1) is 15.7. The van der Waals surface area contributed by atoms with Gasteiger partial charge in [-0.2, -0.15) is 0 Å². The predicted molar refractivity (Wildman–Crippen MR) is 129 cm³/mol. The molecule has 0 radical (unpaired) electrons. The maximum Gasteiger partial charge on any atom is 0.191 e. The second kappa shape index (κ2) is 12.9. The number of ether oxygens (including phenoxy) is 3. The first-order valence-electron chi connectivity index (χ1n) is 11.3. The zero-order valence-electron chi connectivity index (χ0n) is 19.5. The van der Waals surface area contributed by atoms with Crippen molar-refractivity contribution in [1.82, 2.24) is 15.5 Å². The maximum absolute atomic E-state index is 5.58. The Labute approximate surface area is 191 Å². The third kappa shape index (κ3) is 6.87. The molecule has 1 saturated heterocycles. The molecule has 2 aromatic rings. The lowest BCUT2D eigenvalue weighted by Gasteiger charge is -2.34. The third-order valence-electron chi connectivity index (χ3n) is 5.59. The second-order valence-corrected chi connectivity index (χ2v) is 7.66. The van der Waals surface area contributed by atoms with E-state index < -0.39 is 0 Å². The van der Waals surface area contributed by atoms with Crippen LogP contribution in [0.1, 0.15) is 24.1 Å². The van der Waals surface area contributed by atoms with Gasteiger partial charge in [-0.05, 0) is 36.6 Å². The van der Waals surface area contributed by atoms with Crippen LogP contribution in [0.3, 0.4) is 0 Å². The van der Waals surface area contributed by atoms with E-state index in [9.17, 15) is 0 Å². The molecule has 2 N–H and O–H groups in total.